The van der Waals surface area contributed by atoms with Crippen molar-refractivity contribution in [3.8, 4) is 0 Å². The van der Waals surface area contributed by atoms with E-state index in [4.69, 9.17) is 0 Å². The Hall–Kier alpha value is -0.0400. The highest BCUT2D eigenvalue weighted by atomic mass is 16.3. The van der Waals surface area contributed by atoms with Crippen molar-refractivity contribution in [1.82, 2.24) is 0 Å². The predicted octanol–water partition coefficient (Wildman–Crippen LogP) is 3.61. The van der Waals surface area contributed by atoms with Crippen LogP contribution in [-0.4, -0.2) is 11.7 Å². The maximum absolute atomic E-state index is 9.43. The van der Waals surface area contributed by atoms with E-state index in [1.165, 1.54) is 25.7 Å². The molecule has 84 valence electrons. The van der Waals surface area contributed by atoms with E-state index in [0.717, 1.165) is 12.3 Å². The molecule has 0 unspecified atom stereocenters. The zero-order chi connectivity index (χ0) is 10.8. The Morgan fingerprint density at radius 1 is 1.21 bits per heavy atom. The van der Waals surface area contributed by atoms with Crippen LogP contribution in [0.15, 0.2) is 0 Å². The second kappa shape index (κ2) is 4.22. The van der Waals surface area contributed by atoms with Crippen molar-refractivity contribution in [1.29, 1.82) is 0 Å². The molecule has 0 atom stereocenters. The third kappa shape index (κ3) is 2.50. The van der Waals surface area contributed by atoms with Gasteiger partial charge in [-0.15, -0.1) is 0 Å². The third-order valence-corrected chi connectivity index (χ3v) is 4.36. The molecule has 1 aliphatic rings. The molecule has 0 radical (unpaired) electrons. The highest BCUT2D eigenvalue weighted by Gasteiger charge is 2.36. The van der Waals surface area contributed by atoms with E-state index in [9.17, 15) is 5.11 Å². The van der Waals surface area contributed by atoms with E-state index in [-0.39, 0.29) is 5.41 Å². The first-order valence-electron chi connectivity index (χ1n) is 6.04. The smallest absolute Gasteiger partial charge is 0.0487 e. The summed E-state index contributed by atoms with van der Waals surface area (Å²) in [5, 5.41) is 9.43. The lowest BCUT2D eigenvalue weighted by Gasteiger charge is -2.43. The largest absolute Gasteiger partial charge is 0.396 e. The number of aliphatic hydroxyl groups is 1. The normalized spacial score (nSPS) is 34.5. The van der Waals surface area contributed by atoms with Crippen LogP contribution < -0.4 is 0 Å². The number of hydrogen-bond donors (Lipinski definition) is 1. The van der Waals surface area contributed by atoms with E-state index in [1.54, 1.807) is 0 Å². The summed E-state index contributed by atoms with van der Waals surface area (Å²) < 4.78 is 0. The van der Waals surface area contributed by atoms with Crippen molar-refractivity contribution in [3.63, 3.8) is 0 Å². The Morgan fingerprint density at radius 3 is 2.00 bits per heavy atom. The Bertz CT molecular complexity index is 164. The Kier molecular flexibility index (Phi) is 3.63. The summed E-state index contributed by atoms with van der Waals surface area (Å²) in [7, 11) is 0. The molecule has 0 aromatic rings. The molecule has 1 nitrogen and oxygen atoms in total. The van der Waals surface area contributed by atoms with Crippen molar-refractivity contribution in [2.24, 2.45) is 16.7 Å². The monoisotopic (exact) mass is 198 g/mol. The van der Waals surface area contributed by atoms with Gasteiger partial charge in [0.1, 0.15) is 0 Å². The first-order valence-corrected chi connectivity index (χ1v) is 6.04. The highest BCUT2D eigenvalue weighted by molar-refractivity contribution is 4.87. The van der Waals surface area contributed by atoms with Gasteiger partial charge in [-0.1, -0.05) is 27.7 Å². The van der Waals surface area contributed by atoms with Crippen LogP contribution in [0.1, 0.15) is 59.8 Å². The second-order valence-corrected chi connectivity index (χ2v) is 6.15. The molecule has 1 N–H and O–H groups in total. The molecule has 0 heterocycles. The van der Waals surface area contributed by atoms with Gasteiger partial charge in [-0.25, -0.2) is 0 Å². The van der Waals surface area contributed by atoms with Crippen LogP contribution in [0.3, 0.4) is 0 Å². The average Bonchev–Trinajstić information content (AvgIpc) is 2.16. The molecule has 0 aromatic carbocycles. The van der Waals surface area contributed by atoms with Crippen LogP contribution in [0.25, 0.3) is 0 Å². The minimum absolute atomic E-state index is 0.266. The molecule has 1 aliphatic carbocycles. The van der Waals surface area contributed by atoms with Gasteiger partial charge in [0.2, 0.25) is 0 Å². The third-order valence-electron chi connectivity index (χ3n) is 4.36. The summed E-state index contributed by atoms with van der Waals surface area (Å²) in [4.78, 5) is 0. The molecule has 0 aliphatic heterocycles. The predicted molar refractivity (Wildman–Crippen MR) is 61.2 cm³/mol. The van der Waals surface area contributed by atoms with Crippen LogP contribution in [-0.2, 0) is 0 Å². The van der Waals surface area contributed by atoms with Crippen molar-refractivity contribution in [2.45, 2.75) is 59.8 Å². The molecule has 0 amide bonds. The lowest BCUT2D eigenvalue weighted by molar-refractivity contribution is 0.0339. The van der Waals surface area contributed by atoms with Gasteiger partial charge in [-0.2, -0.15) is 0 Å². The summed E-state index contributed by atoms with van der Waals surface area (Å²) in [5.41, 5.74) is 0.719. The number of aliphatic hydroxyl groups excluding tert-OH is 1. The SMILES string of the molecule is CCC1(CO)CCC(C(C)(C)C)CC1. The van der Waals surface area contributed by atoms with Crippen LogP contribution >= 0.6 is 0 Å². The zero-order valence-corrected chi connectivity index (χ0v) is 10.3. The van der Waals surface area contributed by atoms with Gasteiger partial charge < -0.3 is 5.11 Å². The summed E-state index contributed by atoms with van der Waals surface area (Å²) in [6.07, 6.45) is 6.19. The first-order chi connectivity index (χ1) is 6.43. The highest BCUT2D eigenvalue weighted by Crippen LogP contribution is 2.46. The molecule has 0 bridgehead atoms. The van der Waals surface area contributed by atoms with Crippen molar-refractivity contribution < 1.29 is 5.11 Å². The van der Waals surface area contributed by atoms with Gasteiger partial charge in [0.25, 0.3) is 0 Å². The van der Waals surface area contributed by atoms with Crippen molar-refractivity contribution in [3.05, 3.63) is 0 Å². The second-order valence-electron chi connectivity index (χ2n) is 6.15. The van der Waals surface area contributed by atoms with E-state index in [1.807, 2.05) is 0 Å². The summed E-state index contributed by atoms with van der Waals surface area (Å²) in [5.74, 6) is 0.855. The van der Waals surface area contributed by atoms with Crippen LogP contribution in [0.5, 0.6) is 0 Å². The molecule has 1 fully saturated rings. The standard InChI is InChI=1S/C13H26O/c1-5-13(10-14)8-6-11(7-9-13)12(2,3)4/h11,14H,5-10H2,1-4H3. The van der Waals surface area contributed by atoms with Crippen LogP contribution in [0.4, 0.5) is 0 Å². The molecule has 1 saturated carbocycles. The maximum Gasteiger partial charge on any atom is 0.0487 e. The van der Waals surface area contributed by atoms with Crippen LogP contribution in [0.2, 0.25) is 0 Å². The molecule has 0 saturated heterocycles. The molecule has 1 heteroatoms. The van der Waals surface area contributed by atoms with Gasteiger partial charge in [0.15, 0.2) is 0 Å². The van der Waals surface area contributed by atoms with Crippen LogP contribution in [0, 0.1) is 16.7 Å². The van der Waals surface area contributed by atoms with Gasteiger partial charge >= 0.3 is 0 Å². The first kappa shape index (κ1) is 12.0. The van der Waals surface area contributed by atoms with E-state index >= 15 is 0 Å². The van der Waals surface area contributed by atoms with Gasteiger partial charge in [-0.05, 0) is 48.9 Å². The fourth-order valence-corrected chi connectivity index (χ4v) is 2.72. The van der Waals surface area contributed by atoms with Gasteiger partial charge in [0, 0.05) is 6.61 Å². The van der Waals surface area contributed by atoms with Gasteiger partial charge in [0.05, 0.1) is 0 Å². The number of rotatable bonds is 2. The molecular weight excluding hydrogens is 172 g/mol. The topological polar surface area (TPSA) is 20.2 Å². The van der Waals surface area contributed by atoms with Gasteiger partial charge in [-0.3, -0.25) is 0 Å². The van der Waals surface area contributed by atoms with E-state index < -0.39 is 0 Å². The van der Waals surface area contributed by atoms with E-state index in [2.05, 4.69) is 27.7 Å². The molecule has 0 aromatic heterocycles. The molecular formula is C13H26O. The lowest BCUT2D eigenvalue weighted by Crippen LogP contribution is -2.34. The Morgan fingerprint density at radius 2 is 1.71 bits per heavy atom. The molecule has 14 heavy (non-hydrogen) atoms. The Labute approximate surface area is 88.9 Å². The lowest BCUT2D eigenvalue weighted by atomic mass is 9.63. The zero-order valence-electron chi connectivity index (χ0n) is 10.3. The fourth-order valence-electron chi connectivity index (χ4n) is 2.72. The van der Waals surface area contributed by atoms with Crippen molar-refractivity contribution >= 4 is 0 Å². The molecule has 1 rings (SSSR count). The Balaban J connectivity index is 2.53. The minimum atomic E-state index is 0.266. The fraction of sp³-hybridized carbons (Fsp3) is 1.00. The quantitative estimate of drug-likeness (QED) is 0.718. The molecule has 0 spiro atoms. The summed E-state index contributed by atoms with van der Waals surface area (Å²) in [6.45, 7) is 9.63. The van der Waals surface area contributed by atoms with E-state index in [0.29, 0.717) is 12.0 Å². The summed E-state index contributed by atoms with van der Waals surface area (Å²) in [6, 6.07) is 0. The van der Waals surface area contributed by atoms with Crippen molar-refractivity contribution in [2.75, 3.05) is 6.61 Å². The minimum Gasteiger partial charge on any atom is -0.396 e. The number of hydrogen-bond acceptors (Lipinski definition) is 1. The summed E-state index contributed by atoms with van der Waals surface area (Å²) >= 11 is 0. The maximum atomic E-state index is 9.43. The average molecular weight is 198 g/mol.